The van der Waals surface area contributed by atoms with Crippen molar-refractivity contribution in [3.05, 3.63) is 0 Å². The Hall–Kier alpha value is -0.120. The Balaban J connectivity index is 1.58. The lowest BCUT2D eigenvalue weighted by atomic mass is 9.96. The highest BCUT2D eigenvalue weighted by atomic mass is 16.5. The zero-order chi connectivity index (χ0) is 12.4. The Morgan fingerprint density at radius 2 is 1.94 bits per heavy atom. The maximum atomic E-state index is 5.48. The number of hydrogen-bond acceptors (Lipinski definition) is 3. The van der Waals surface area contributed by atoms with Crippen molar-refractivity contribution >= 4 is 0 Å². The molecule has 2 unspecified atom stereocenters. The van der Waals surface area contributed by atoms with E-state index in [0.717, 1.165) is 31.2 Å². The largest absolute Gasteiger partial charge is 0.381 e. The number of ether oxygens (including phenoxy) is 1. The van der Waals surface area contributed by atoms with Crippen LogP contribution in [0.1, 0.15) is 39.0 Å². The van der Waals surface area contributed by atoms with Gasteiger partial charge in [0.1, 0.15) is 0 Å². The van der Waals surface area contributed by atoms with Gasteiger partial charge in [0.15, 0.2) is 0 Å². The summed E-state index contributed by atoms with van der Waals surface area (Å²) in [4.78, 5) is 5.55. The van der Waals surface area contributed by atoms with E-state index in [1.807, 2.05) is 0 Å². The Kier molecular flexibility index (Phi) is 4.22. The number of nitrogens with zero attached hydrogens (tertiary/aromatic N) is 2. The molecule has 0 aliphatic carbocycles. The zero-order valence-electron chi connectivity index (χ0n) is 11.8. The molecule has 0 aromatic rings. The van der Waals surface area contributed by atoms with Gasteiger partial charge in [-0.2, -0.15) is 0 Å². The average Bonchev–Trinajstić information content (AvgIpc) is 2.86. The standard InChI is InChI=1S/C15H28N2O/c1-2-14-11-16-7-3-4-15(16)12-17(14)10-13-5-8-18-9-6-13/h13-15H,2-12H2,1H3. The minimum Gasteiger partial charge on any atom is -0.381 e. The summed E-state index contributed by atoms with van der Waals surface area (Å²) < 4.78 is 5.48. The highest BCUT2D eigenvalue weighted by Gasteiger charge is 2.36. The fourth-order valence-electron chi connectivity index (χ4n) is 4.02. The quantitative estimate of drug-likeness (QED) is 0.764. The molecule has 3 nitrogen and oxygen atoms in total. The van der Waals surface area contributed by atoms with Gasteiger partial charge in [0.25, 0.3) is 0 Å². The lowest BCUT2D eigenvalue weighted by molar-refractivity contribution is 0.00992. The molecule has 2 atom stereocenters. The molecule has 0 aromatic heterocycles. The van der Waals surface area contributed by atoms with Gasteiger partial charge in [-0.1, -0.05) is 6.92 Å². The second-order valence-corrected chi connectivity index (χ2v) is 6.36. The molecule has 104 valence electrons. The van der Waals surface area contributed by atoms with E-state index >= 15 is 0 Å². The molecule has 0 bridgehead atoms. The van der Waals surface area contributed by atoms with Gasteiger partial charge >= 0.3 is 0 Å². The van der Waals surface area contributed by atoms with Crippen LogP contribution in [0.3, 0.4) is 0 Å². The average molecular weight is 252 g/mol. The first kappa shape index (κ1) is 12.9. The summed E-state index contributed by atoms with van der Waals surface area (Å²) in [6, 6.07) is 1.68. The molecule has 0 amide bonds. The molecule has 3 rings (SSSR count). The van der Waals surface area contributed by atoms with Crippen LogP contribution in [0.15, 0.2) is 0 Å². The summed E-state index contributed by atoms with van der Waals surface area (Å²) in [5.41, 5.74) is 0. The fraction of sp³-hybridized carbons (Fsp3) is 1.00. The highest BCUT2D eigenvalue weighted by molar-refractivity contribution is 4.92. The molecular formula is C15H28N2O. The van der Waals surface area contributed by atoms with Gasteiger partial charge in [-0.05, 0) is 44.6 Å². The van der Waals surface area contributed by atoms with Crippen molar-refractivity contribution in [2.75, 3.05) is 39.4 Å². The molecule has 3 aliphatic heterocycles. The maximum Gasteiger partial charge on any atom is 0.0469 e. The summed E-state index contributed by atoms with van der Waals surface area (Å²) in [6.07, 6.45) is 6.72. The maximum absolute atomic E-state index is 5.48. The lowest BCUT2D eigenvalue weighted by Crippen LogP contribution is -2.56. The predicted molar refractivity (Wildman–Crippen MR) is 73.8 cm³/mol. The van der Waals surface area contributed by atoms with Gasteiger partial charge < -0.3 is 4.74 Å². The van der Waals surface area contributed by atoms with Crippen molar-refractivity contribution in [1.82, 2.24) is 9.80 Å². The van der Waals surface area contributed by atoms with Crippen molar-refractivity contribution in [1.29, 1.82) is 0 Å². The first-order chi connectivity index (χ1) is 8.86. The number of rotatable bonds is 3. The summed E-state index contributed by atoms with van der Waals surface area (Å²) in [5, 5.41) is 0. The molecule has 3 heterocycles. The van der Waals surface area contributed by atoms with Crippen molar-refractivity contribution in [2.24, 2.45) is 5.92 Å². The van der Waals surface area contributed by atoms with Crippen LogP contribution in [0.5, 0.6) is 0 Å². The van der Waals surface area contributed by atoms with Crippen LogP contribution in [0.2, 0.25) is 0 Å². The molecule has 0 radical (unpaired) electrons. The fourth-order valence-corrected chi connectivity index (χ4v) is 4.02. The van der Waals surface area contributed by atoms with E-state index in [1.54, 1.807) is 0 Å². The second-order valence-electron chi connectivity index (χ2n) is 6.36. The van der Waals surface area contributed by atoms with Crippen LogP contribution in [0.4, 0.5) is 0 Å². The summed E-state index contributed by atoms with van der Waals surface area (Å²) in [5.74, 6) is 0.890. The van der Waals surface area contributed by atoms with E-state index in [2.05, 4.69) is 16.7 Å². The summed E-state index contributed by atoms with van der Waals surface area (Å²) in [7, 11) is 0. The summed E-state index contributed by atoms with van der Waals surface area (Å²) in [6.45, 7) is 9.67. The van der Waals surface area contributed by atoms with Gasteiger partial charge in [0.2, 0.25) is 0 Å². The van der Waals surface area contributed by atoms with E-state index in [4.69, 9.17) is 4.74 Å². The van der Waals surface area contributed by atoms with E-state index in [1.165, 1.54) is 58.3 Å². The first-order valence-electron chi connectivity index (χ1n) is 7.92. The second kappa shape index (κ2) is 5.89. The third kappa shape index (κ3) is 2.73. The lowest BCUT2D eigenvalue weighted by Gasteiger charge is -2.45. The predicted octanol–water partition coefficient (Wildman–Crippen LogP) is 1.97. The van der Waals surface area contributed by atoms with Crippen molar-refractivity contribution in [3.63, 3.8) is 0 Å². The van der Waals surface area contributed by atoms with Crippen LogP contribution in [-0.2, 0) is 4.74 Å². The molecule has 3 heteroatoms. The Morgan fingerprint density at radius 1 is 1.11 bits per heavy atom. The van der Waals surface area contributed by atoms with Crippen LogP contribution in [0, 0.1) is 5.92 Å². The smallest absolute Gasteiger partial charge is 0.0469 e. The van der Waals surface area contributed by atoms with Gasteiger partial charge in [0, 0.05) is 44.9 Å². The molecular weight excluding hydrogens is 224 g/mol. The molecule has 3 fully saturated rings. The molecule has 3 saturated heterocycles. The van der Waals surface area contributed by atoms with Crippen LogP contribution in [0.25, 0.3) is 0 Å². The molecule has 18 heavy (non-hydrogen) atoms. The van der Waals surface area contributed by atoms with E-state index in [-0.39, 0.29) is 0 Å². The number of hydrogen-bond donors (Lipinski definition) is 0. The van der Waals surface area contributed by atoms with Crippen molar-refractivity contribution in [2.45, 2.75) is 51.1 Å². The van der Waals surface area contributed by atoms with Gasteiger partial charge in [0.05, 0.1) is 0 Å². The topological polar surface area (TPSA) is 15.7 Å². The van der Waals surface area contributed by atoms with Gasteiger partial charge in [-0.3, -0.25) is 9.80 Å². The first-order valence-corrected chi connectivity index (χ1v) is 7.92. The molecule has 3 aliphatic rings. The zero-order valence-corrected chi connectivity index (χ0v) is 11.8. The SMILES string of the molecule is CCC1CN2CCCC2CN1CC1CCOCC1. The minimum absolute atomic E-state index is 0.808. The monoisotopic (exact) mass is 252 g/mol. The third-order valence-corrected chi connectivity index (χ3v) is 5.21. The van der Waals surface area contributed by atoms with E-state index < -0.39 is 0 Å². The molecule has 0 N–H and O–H groups in total. The van der Waals surface area contributed by atoms with Crippen molar-refractivity contribution < 1.29 is 4.74 Å². The Bertz CT molecular complexity index is 265. The molecule has 0 saturated carbocycles. The third-order valence-electron chi connectivity index (χ3n) is 5.21. The summed E-state index contributed by atoms with van der Waals surface area (Å²) >= 11 is 0. The van der Waals surface area contributed by atoms with E-state index in [9.17, 15) is 0 Å². The van der Waals surface area contributed by atoms with Crippen LogP contribution < -0.4 is 0 Å². The molecule has 0 aromatic carbocycles. The van der Waals surface area contributed by atoms with E-state index in [0.29, 0.717) is 0 Å². The van der Waals surface area contributed by atoms with Crippen LogP contribution >= 0.6 is 0 Å². The molecule has 0 spiro atoms. The number of piperazine rings is 1. The Labute approximate surface area is 111 Å². The number of fused-ring (bicyclic) bond motifs is 1. The van der Waals surface area contributed by atoms with Gasteiger partial charge in [-0.15, -0.1) is 0 Å². The van der Waals surface area contributed by atoms with Crippen LogP contribution in [-0.4, -0.2) is 61.3 Å². The van der Waals surface area contributed by atoms with Gasteiger partial charge in [-0.25, -0.2) is 0 Å². The highest BCUT2D eigenvalue weighted by Crippen LogP contribution is 2.27. The minimum atomic E-state index is 0.808. The normalized spacial score (nSPS) is 35.8. The van der Waals surface area contributed by atoms with Crippen molar-refractivity contribution in [3.8, 4) is 0 Å². The Morgan fingerprint density at radius 3 is 2.72 bits per heavy atom.